The Hall–Kier alpha value is -1.76. The quantitative estimate of drug-likeness (QED) is 0.785. The first kappa shape index (κ1) is 11.7. The van der Waals surface area contributed by atoms with Crippen LogP contribution < -0.4 is 5.73 Å². The van der Waals surface area contributed by atoms with Crippen LogP contribution >= 0.6 is 11.8 Å². The fraction of sp³-hybridized carbons (Fsp3) is 0.300. The van der Waals surface area contributed by atoms with Crippen molar-refractivity contribution >= 4 is 29.3 Å². The molecule has 1 saturated heterocycles. The molecule has 1 aliphatic heterocycles. The van der Waals surface area contributed by atoms with E-state index in [0.717, 1.165) is 0 Å². The monoisotopic (exact) mass is 253 g/mol. The first-order chi connectivity index (χ1) is 8.11. The standard InChI is InChI=1S/C10H11N3O3S/c11-6-2-1-3-12-8(6)9(14)13-5-17-4-7(13)10(15)16/h1-3,7H,4-5,11H2,(H,15,16)/t7-/m0/s1. The molecule has 2 rings (SSSR count). The molecule has 0 bridgehead atoms. The highest BCUT2D eigenvalue weighted by Crippen LogP contribution is 2.24. The summed E-state index contributed by atoms with van der Waals surface area (Å²) in [5.41, 5.74) is 6.02. The van der Waals surface area contributed by atoms with Crippen LogP contribution in [0.15, 0.2) is 18.3 Å². The molecule has 0 unspecified atom stereocenters. The van der Waals surface area contributed by atoms with Crippen LogP contribution in [0, 0.1) is 0 Å². The number of thioether (sulfide) groups is 1. The van der Waals surface area contributed by atoms with Crippen molar-refractivity contribution in [3.05, 3.63) is 24.0 Å². The summed E-state index contributed by atoms with van der Waals surface area (Å²) in [5.74, 6) is -0.682. The van der Waals surface area contributed by atoms with E-state index in [0.29, 0.717) is 11.6 Å². The first-order valence-corrected chi connectivity index (χ1v) is 6.08. The first-order valence-electron chi connectivity index (χ1n) is 4.93. The van der Waals surface area contributed by atoms with Crippen LogP contribution in [0.25, 0.3) is 0 Å². The summed E-state index contributed by atoms with van der Waals surface area (Å²) in [7, 11) is 0. The summed E-state index contributed by atoms with van der Waals surface area (Å²) in [6.07, 6.45) is 1.46. The molecular weight excluding hydrogens is 242 g/mol. The number of nitrogen functional groups attached to an aromatic ring is 1. The molecular formula is C10H11N3O3S. The summed E-state index contributed by atoms with van der Waals surface area (Å²) < 4.78 is 0. The summed E-state index contributed by atoms with van der Waals surface area (Å²) in [6.45, 7) is 0. The molecule has 90 valence electrons. The van der Waals surface area contributed by atoms with Crippen LogP contribution in [-0.2, 0) is 4.79 Å². The number of carboxylic acid groups (broad SMARTS) is 1. The van der Waals surface area contributed by atoms with Crippen molar-refractivity contribution in [1.29, 1.82) is 0 Å². The van der Waals surface area contributed by atoms with Crippen molar-refractivity contribution in [1.82, 2.24) is 9.88 Å². The Bertz CT molecular complexity index is 466. The maximum Gasteiger partial charge on any atom is 0.327 e. The van der Waals surface area contributed by atoms with Gasteiger partial charge in [-0.2, -0.15) is 0 Å². The number of carboxylic acids is 1. The van der Waals surface area contributed by atoms with Gasteiger partial charge in [-0.15, -0.1) is 11.8 Å². The SMILES string of the molecule is Nc1cccnc1C(=O)N1CSC[C@H]1C(=O)O. The van der Waals surface area contributed by atoms with Gasteiger partial charge in [0.05, 0.1) is 11.6 Å². The highest BCUT2D eigenvalue weighted by Gasteiger charge is 2.36. The number of hydrogen-bond donors (Lipinski definition) is 2. The number of nitrogens with two attached hydrogens (primary N) is 1. The highest BCUT2D eigenvalue weighted by molar-refractivity contribution is 7.99. The lowest BCUT2D eigenvalue weighted by atomic mass is 10.2. The molecule has 0 aromatic carbocycles. The van der Waals surface area contributed by atoms with E-state index < -0.39 is 17.9 Å². The lowest BCUT2D eigenvalue weighted by Gasteiger charge is -2.20. The molecule has 1 atom stereocenters. The van der Waals surface area contributed by atoms with Crippen LogP contribution in [0.1, 0.15) is 10.5 Å². The highest BCUT2D eigenvalue weighted by atomic mass is 32.2. The Morgan fingerprint density at radius 1 is 1.59 bits per heavy atom. The van der Waals surface area contributed by atoms with Crippen molar-refractivity contribution in [3.8, 4) is 0 Å². The molecule has 1 aromatic heterocycles. The second-order valence-corrected chi connectivity index (χ2v) is 4.57. The zero-order chi connectivity index (χ0) is 12.4. The molecule has 3 N–H and O–H groups in total. The number of aliphatic carboxylic acids is 1. The molecule has 1 fully saturated rings. The summed E-state index contributed by atoms with van der Waals surface area (Å²) in [6, 6.07) is 2.40. The molecule has 17 heavy (non-hydrogen) atoms. The number of nitrogens with zero attached hydrogens (tertiary/aromatic N) is 2. The molecule has 0 aliphatic carbocycles. The zero-order valence-corrected chi connectivity index (χ0v) is 9.68. The average Bonchev–Trinajstić information content (AvgIpc) is 2.77. The van der Waals surface area contributed by atoms with Gasteiger partial charge in [0, 0.05) is 11.9 Å². The molecule has 1 aromatic rings. The van der Waals surface area contributed by atoms with E-state index in [1.165, 1.54) is 22.9 Å². The van der Waals surface area contributed by atoms with E-state index in [4.69, 9.17) is 10.8 Å². The molecule has 0 radical (unpaired) electrons. The number of carbonyl (C=O) groups is 2. The summed E-state index contributed by atoms with van der Waals surface area (Å²) in [4.78, 5) is 28.2. The maximum absolute atomic E-state index is 12.1. The van der Waals surface area contributed by atoms with Gasteiger partial charge in [-0.3, -0.25) is 4.79 Å². The number of rotatable bonds is 2. The Morgan fingerprint density at radius 2 is 2.35 bits per heavy atom. The second kappa shape index (κ2) is 4.62. The molecule has 0 saturated carbocycles. The van der Waals surface area contributed by atoms with E-state index in [9.17, 15) is 9.59 Å². The number of anilines is 1. The van der Waals surface area contributed by atoms with Gasteiger partial charge in [-0.25, -0.2) is 9.78 Å². The van der Waals surface area contributed by atoms with E-state index in [-0.39, 0.29) is 11.4 Å². The third-order valence-electron chi connectivity index (χ3n) is 2.47. The predicted molar refractivity (Wildman–Crippen MR) is 63.6 cm³/mol. The zero-order valence-electron chi connectivity index (χ0n) is 8.87. The third-order valence-corrected chi connectivity index (χ3v) is 3.48. The van der Waals surface area contributed by atoms with E-state index in [1.807, 2.05) is 0 Å². The molecule has 1 aliphatic rings. The van der Waals surface area contributed by atoms with Crippen molar-refractivity contribution in [2.45, 2.75) is 6.04 Å². The minimum absolute atomic E-state index is 0.112. The van der Waals surface area contributed by atoms with Gasteiger partial charge in [0.2, 0.25) is 0 Å². The van der Waals surface area contributed by atoms with Gasteiger partial charge < -0.3 is 15.7 Å². The van der Waals surface area contributed by atoms with E-state index in [2.05, 4.69) is 4.98 Å². The molecule has 7 heteroatoms. The second-order valence-electron chi connectivity index (χ2n) is 3.57. The largest absolute Gasteiger partial charge is 0.480 e. The molecule has 6 nitrogen and oxygen atoms in total. The summed E-state index contributed by atoms with van der Waals surface area (Å²) in [5, 5.41) is 8.99. The lowest BCUT2D eigenvalue weighted by Crippen LogP contribution is -2.42. The van der Waals surface area contributed by atoms with Crippen LogP contribution in [0.5, 0.6) is 0 Å². The van der Waals surface area contributed by atoms with Crippen molar-refractivity contribution < 1.29 is 14.7 Å². The fourth-order valence-corrected chi connectivity index (χ4v) is 2.72. The Labute approximate surface area is 102 Å². The predicted octanol–water partition coefficient (Wildman–Crippen LogP) is 0.264. The van der Waals surface area contributed by atoms with Crippen molar-refractivity contribution in [3.63, 3.8) is 0 Å². The summed E-state index contributed by atoms with van der Waals surface area (Å²) >= 11 is 1.40. The maximum atomic E-state index is 12.1. The fourth-order valence-electron chi connectivity index (χ4n) is 1.58. The number of aromatic nitrogens is 1. The normalized spacial score (nSPS) is 19.3. The van der Waals surface area contributed by atoms with Crippen LogP contribution in [-0.4, -0.2) is 44.5 Å². The Morgan fingerprint density at radius 3 is 3.00 bits per heavy atom. The molecule has 2 heterocycles. The number of carbonyl (C=O) groups excluding carboxylic acids is 1. The van der Waals surface area contributed by atoms with Crippen LogP contribution in [0.3, 0.4) is 0 Å². The minimum Gasteiger partial charge on any atom is -0.480 e. The number of hydrogen-bond acceptors (Lipinski definition) is 5. The molecule has 1 amide bonds. The number of pyridine rings is 1. The van der Waals surface area contributed by atoms with Gasteiger partial charge in [-0.1, -0.05) is 0 Å². The van der Waals surface area contributed by atoms with E-state index >= 15 is 0 Å². The van der Waals surface area contributed by atoms with Crippen molar-refractivity contribution in [2.24, 2.45) is 0 Å². The third kappa shape index (κ3) is 2.19. The molecule has 0 spiro atoms. The van der Waals surface area contributed by atoms with Gasteiger partial charge in [-0.05, 0) is 12.1 Å². The van der Waals surface area contributed by atoms with Gasteiger partial charge in [0.1, 0.15) is 6.04 Å². The Kier molecular flexibility index (Phi) is 3.19. The lowest BCUT2D eigenvalue weighted by molar-refractivity contribution is -0.140. The van der Waals surface area contributed by atoms with Crippen molar-refractivity contribution in [2.75, 3.05) is 17.4 Å². The Balaban J connectivity index is 2.26. The topological polar surface area (TPSA) is 96.5 Å². The van der Waals surface area contributed by atoms with Gasteiger partial charge in [0.15, 0.2) is 5.69 Å². The van der Waals surface area contributed by atoms with Gasteiger partial charge in [0.25, 0.3) is 5.91 Å². The number of amides is 1. The van der Waals surface area contributed by atoms with Crippen LogP contribution in [0.2, 0.25) is 0 Å². The average molecular weight is 253 g/mol. The smallest absolute Gasteiger partial charge is 0.327 e. The minimum atomic E-state index is -1.00. The van der Waals surface area contributed by atoms with E-state index in [1.54, 1.807) is 12.1 Å². The van der Waals surface area contributed by atoms with Gasteiger partial charge >= 0.3 is 5.97 Å². The van der Waals surface area contributed by atoms with Crippen LogP contribution in [0.4, 0.5) is 5.69 Å².